The van der Waals surface area contributed by atoms with Crippen molar-refractivity contribution in [3.8, 4) is 0 Å². The first kappa shape index (κ1) is 56.3. The predicted molar refractivity (Wildman–Crippen MR) is 260 cm³/mol. The number of carbonyl (C=O) groups is 3. The summed E-state index contributed by atoms with van der Waals surface area (Å²) in [5, 5.41) is 8.69. The lowest BCUT2D eigenvalue weighted by molar-refractivity contribution is -0.143. The molecule has 0 saturated heterocycles. The zero-order valence-electron chi connectivity index (χ0n) is 40.5. The van der Waals surface area contributed by atoms with Gasteiger partial charge in [-0.15, -0.1) is 0 Å². The van der Waals surface area contributed by atoms with Crippen molar-refractivity contribution in [3.63, 3.8) is 0 Å². The number of methoxy groups -OCH3 is 1. The van der Waals surface area contributed by atoms with E-state index >= 15 is 0 Å². The summed E-state index contributed by atoms with van der Waals surface area (Å²) in [5.74, 6) is -0.824. The van der Waals surface area contributed by atoms with Crippen molar-refractivity contribution in [2.75, 3.05) is 58.3 Å². The summed E-state index contributed by atoms with van der Waals surface area (Å²) in [6.07, 6.45) is 33.7. The highest BCUT2D eigenvalue weighted by molar-refractivity contribution is 5.89. The number of carbonyl (C=O) groups excluding carboxylic acids is 3. The van der Waals surface area contributed by atoms with Crippen LogP contribution in [0.25, 0.3) is 0 Å². The zero-order valence-corrected chi connectivity index (χ0v) is 40.5. The Labute approximate surface area is 388 Å². The Morgan fingerprint density at radius 3 is 1.22 bits per heavy atom. The zero-order chi connectivity index (χ0) is 46.0. The molecule has 64 heavy (non-hydrogen) atoms. The number of benzene rings is 2. The summed E-state index contributed by atoms with van der Waals surface area (Å²) in [6.45, 7) is 6.57. The lowest BCUT2D eigenvalue weighted by atomic mass is 10.0. The van der Waals surface area contributed by atoms with E-state index < -0.39 is 5.97 Å². The van der Waals surface area contributed by atoms with Gasteiger partial charge in [-0.25, -0.2) is 4.79 Å². The summed E-state index contributed by atoms with van der Waals surface area (Å²) >= 11 is 0. The van der Waals surface area contributed by atoms with Crippen LogP contribution in [0.3, 0.4) is 0 Å². The minimum Gasteiger partial charge on any atom is -0.464 e. The highest BCUT2D eigenvalue weighted by Gasteiger charge is 2.12. The van der Waals surface area contributed by atoms with Gasteiger partial charge in [0.15, 0.2) is 6.79 Å². The van der Waals surface area contributed by atoms with Crippen LogP contribution < -0.4 is 4.90 Å². The molecule has 0 unspecified atom stereocenters. The Morgan fingerprint density at radius 1 is 0.453 bits per heavy atom. The van der Waals surface area contributed by atoms with Crippen molar-refractivity contribution in [2.45, 2.75) is 194 Å². The maximum absolute atomic E-state index is 12.6. The van der Waals surface area contributed by atoms with E-state index in [2.05, 4.69) is 29.0 Å². The quantitative estimate of drug-likeness (QED) is 0.0210. The van der Waals surface area contributed by atoms with E-state index in [4.69, 9.17) is 23.7 Å². The van der Waals surface area contributed by atoms with Crippen molar-refractivity contribution in [1.82, 2.24) is 0 Å². The molecule has 0 aromatic heterocycles. The average molecular weight is 894 g/mol. The van der Waals surface area contributed by atoms with Gasteiger partial charge in [-0.1, -0.05) is 168 Å². The Bertz CT molecular complexity index is 1400. The number of hydrogen-bond acceptors (Lipinski definition) is 11. The summed E-state index contributed by atoms with van der Waals surface area (Å²) < 4.78 is 26.6. The summed E-state index contributed by atoms with van der Waals surface area (Å²) in [7, 11) is 1.57. The number of nitrogens with zero attached hydrogens (tertiary/aromatic N) is 3. The van der Waals surface area contributed by atoms with E-state index in [0.717, 1.165) is 31.4 Å². The highest BCUT2D eigenvalue weighted by atomic mass is 16.7. The van der Waals surface area contributed by atoms with Gasteiger partial charge in [0, 0.05) is 25.6 Å². The molecule has 0 N–H and O–H groups in total. The van der Waals surface area contributed by atoms with Gasteiger partial charge in [0.05, 0.1) is 43.2 Å². The number of anilines is 1. The van der Waals surface area contributed by atoms with Crippen molar-refractivity contribution in [1.29, 1.82) is 0 Å². The molecule has 0 fully saturated rings. The molecule has 2 rings (SSSR count). The van der Waals surface area contributed by atoms with Gasteiger partial charge < -0.3 is 28.6 Å². The lowest BCUT2D eigenvalue weighted by Crippen LogP contribution is -2.32. The molecule has 0 aliphatic carbocycles. The smallest absolute Gasteiger partial charge is 0.340 e. The van der Waals surface area contributed by atoms with Crippen LogP contribution in [0.5, 0.6) is 0 Å². The third-order valence-corrected chi connectivity index (χ3v) is 11.5. The second kappa shape index (κ2) is 40.7. The summed E-state index contributed by atoms with van der Waals surface area (Å²) in [5.41, 5.74) is 2.51. The number of esters is 3. The Balaban J connectivity index is 1.78. The van der Waals surface area contributed by atoms with Crippen molar-refractivity contribution < 1.29 is 38.1 Å². The Morgan fingerprint density at radius 2 is 0.828 bits per heavy atom. The standard InChI is InChI=1S/C53H87N3O8/c1-4-6-8-10-12-14-16-18-20-22-24-26-28-30-51(57)62-42-40-56(41-43-63-52(58)31-29-27-25-23-21-19-17-15-13-11-9-7-5-2)50-38-36-49(37-39-50)55-54-48-34-32-47(33-35-48)53(59)64-46-61-45-44-60-3/h32-39H,4-31,40-46H2,1-3H3. The van der Waals surface area contributed by atoms with Crippen molar-refractivity contribution in [3.05, 3.63) is 54.1 Å². The van der Waals surface area contributed by atoms with Crippen LogP contribution in [-0.4, -0.2) is 71.3 Å². The first-order valence-electron chi connectivity index (χ1n) is 25.4. The molecular formula is C53H87N3O8. The van der Waals surface area contributed by atoms with E-state index in [-0.39, 0.29) is 31.9 Å². The summed E-state index contributed by atoms with van der Waals surface area (Å²) in [6, 6.07) is 14.3. The molecule has 0 atom stereocenters. The number of azo groups is 1. The molecule has 11 nitrogen and oxygen atoms in total. The van der Waals surface area contributed by atoms with Gasteiger partial charge in [-0.3, -0.25) is 9.59 Å². The van der Waals surface area contributed by atoms with Crippen LogP contribution >= 0.6 is 0 Å². The van der Waals surface area contributed by atoms with Gasteiger partial charge >= 0.3 is 17.9 Å². The molecule has 0 saturated carbocycles. The minimum atomic E-state index is -0.491. The van der Waals surface area contributed by atoms with E-state index in [0.29, 0.717) is 56.1 Å². The fourth-order valence-corrected chi connectivity index (χ4v) is 7.52. The lowest BCUT2D eigenvalue weighted by Gasteiger charge is -2.24. The second-order valence-corrected chi connectivity index (χ2v) is 17.1. The maximum atomic E-state index is 12.6. The van der Waals surface area contributed by atoms with E-state index in [1.165, 1.54) is 141 Å². The predicted octanol–water partition coefficient (Wildman–Crippen LogP) is 14.7. The molecule has 0 heterocycles. The third kappa shape index (κ3) is 31.1. The molecule has 0 aliphatic rings. The van der Waals surface area contributed by atoms with E-state index in [1.807, 2.05) is 24.3 Å². The first-order chi connectivity index (χ1) is 31.5. The summed E-state index contributed by atoms with van der Waals surface area (Å²) in [4.78, 5) is 39.6. The first-order valence-corrected chi connectivity index (χ1v) is 25.4. The maximum Gasteiger partial charge on any atom is 0.340 e. The number of rotatable bonds is 43. The molecule has 0 spiro atoms. The fourth-order valence-electron chi connectivity index (χ4n) is 7.52. The van der Waals surface area contributed by atoms with Gasteiger partial charge in [-0.2, -0.15) is 10.2 Å². The molecule has 362 valence electrons. The topological polar surface area (TPSA) is 125 Å². The third-order valence-electron chi connectivity index (χ3n) is 11.5. The largest absolute Gasteiger partial charge is 0.464 e. The molecule has 2 aromatic carbocycles. The van der Waals surface area contributed by atoms with Crippen LogP contribution in [0, 0.1) is 0 Å². The molecule has 0 radical (unpaired) electrons. The fraction of sp³-hybridized carbons (Fsp3) is 0.717. The molecule has 2 aromatic rings. The Kier molecular flexibility index (Phi) is 35.8. The van der Waals surface area contributed by atoms with Crippen LogP contribution in [0.1, 0.15) is 204 Å². The number of hydrogen-bond donors (Lipinski definition) is 0. The van der Waals surface area contributed by atoms with Crippen molar-refractivity contribution in [2.24, 2.45) is 10.2 Å². The minimum absolute atomic E-state index is 0.146. The van der Waals surface area contributed by atoms with Crippen LogP contribution in [-0.2, 0) is 33.3 Å². The van der Waals surface area contributed by atoms with Crippen LogP contribution in [0.4, 0.5) is 17.1 Å². The second-order valence-electron chi connectivity index (χ2n) is 17.1. The van der Waals surface area contributed by atoms with Gasteiger partial charge in [0.25, 0.3) is 0 Å². The SMILES string of the molecule is CCCCCCCCCCCCCCCC(=O)OCCN(CCOC(=O)CCCCCCCCCCCCCCC)c1ccc(N=Nc2ccc(C(=O)OCOCCOC)cc2)cc1. The average Bonchev–Trinajstić information content (AvgIpc) is 3.31. The monoisotopic (exact) mass is 894 g/mol. The normalized spacial score (nSPS) is 11.3. The van der Waals surface area contributed by atoms with E-state index in [9.17, 15) is 14.4 Å². The highest BCUT2D eigenvalue weighted by Crippen LogP contribution is 2.23. The Hall–Kier alpha value is -3.83. The number of ether oxygens (including phenoxy) is 5. The van der Waals surface area contributed by atoms with Crippen LogP contribution in [0.2, 0.25) is 0 Å². The van der Waals surface area contributed by atoms with E-state index in [1.54, 1.807) is 31.4 Å². The molecular weight excluding hydrogens is 807 g/mol. The molecule has 0 aliphatic heterocycles. The van der Waals surface area contributed by atoms with Gasteiger partial charge in [0.1, 0.15) is 13.2 Å². The molecule has 0 bridgehead atoms. The molecule has 0 amide bonds. The van der Waals surface area contributed by atoms with Gasteiger partial charge in [-0.05, 0) is 61.4 Å². The number of unbranched alkanes of at least 4 members (excludes halogenated alkanes) is 24. The van der Waals surface area contributed by atoms with Gasteiger partial charge in [0.2, 0.25) is 0 Å². The molecule has 11 heteroatoms. The van der Waals surface area contributed by atoms with Crippen LogP contribution in [0.15, 0.2) is 58.8 Å². The van der Waals surface area contributed by atoms with Crippen molar-refractivity contribution >= 4 is 35.0 Å².